The van der Waals surface area contributed by atoms with Crippen LogP contribution in [0.4, 0.5) is 5.82 Å². The molecule has 2 aromatic carbocycles. The van der Waals surface area contributed by atoms with Crippen molar-refractivity contribution in [3.05, 3.63) is 59.2 Å². The zero-order valence-corrected chi connectivity index (χ0v) is 18.6. The molecule has 1 aliphatic rings. The van der Waals surface area contributed by atoms with Gasteiger partial charge in [-0.2, -0.15) is 5.26 Å². The predicted molar refractivity (Wildman–Crippen MR) is 121 cm³/mol. The Labute approximate surface area is 186 Å². The van der Waals surface area contributed by atoms with Gasteiger partial charge in [0.2, 0.25) is 9.84 Å². The Morgan fingerprint density at radius 1 is 1.03 bits per heavy atom. The van der Waals surface area contributed by atoms with Gasteiger partial charge in [-0.1, -0.05) is 30.7 Å². The van der Waals surface area contributed by atoms with E-state index in [0.717, 1.165) is 19.6 Å². The number of para-hydroxylation sites is 2. The number of aromatic nitrogens is 2. The molecule has 3 aromatic rings. The van der Waals surface area contributed by atoms with Crippen LogP contribution in [0.15, 0.2) is 53.4 Å². The highest BCUT2D eigenvalue weighted by Crippen LogP contribution is 2.34. The molecule has 0 bridgehead atoms. The lowest BCUT2D eigenvalue weighted by Gasteiger charge is -2.35. The van der Waals surface area contributed by atoms with Crippen LogP contribution in [0.2, 0.25) is 5.02 Å². The van der Waals surface area contributed by atoms with Crippen LogP contribution in [-0.2, 0) is 9.84 Å². The number of fused-ring (bicyclic) bond motifs is 1. The molecule has 7 nitrogen and oxygen atoms in total. The molecule has 1 unspecified atom stereocenters. The summed E-state index contributed by atoms with van der Waals surface area (Å²) in [4.78, 5) is 13.7. The summed E-state index contributed by atoms with van der Waals surface area (Å²) in [6.45, 7) is 6.12. The van der Waals surface area contributed by atoms with Crippen LogP contribution in [0.3, 0.4) is 0 Å². The molecule has 1 saturated heterocycles. The first-order chi connectivity index (χ1) is 14.9. The Balaban J connectivity index is 1.84. The number of halogens is 1. The quantitative estimate of drug-likeness (QED) is 0.581. The van der Waals surface area contributed by atoms with E-state index in [4.69, 9.17) is 16.6 Å². The Kier molecular flexibility index (Phi) is 6.10. The lowest BCUT2D eigenvalue weighted by molar-refractivity contribution is 0.270. The number of anilines is 1. The molecule has 0 radical (unpaired) electrons. The second-order valence-electron chi connectivity index (χ2n) is 7.35. The van der Waals surface area contributed by atoms with Crippen LogP contribution in [-0.4, -0.2) is 56.0 Å². The number of sulfone groups is 1. The fraction of sp³-hybridized carbons (Fsp3) is 0.318. The van der Waals surface area contributed by atoms with Crippen molar-refractivity contribution in [2.75, 3.05) is 37.6 Å². The largest absolute Gasteiger partial charge is 0.352 e. The molecule has 0 aliphatic carbocycles. The van der Waals surface area contributed by atoms with Crippen LogP contribution in [0.1, 0.15) is 17.9 Å². The third-order valence-corrected chi connectivity index (χ3v) is 7.65. The van der Waals surface area contributed by atoms with Crippen molar-refractivity contribution in [3.63, 3.8) is 0 Å². The normalized spacial score (nSPS) is 16.2. The van der Waals surface area contributed by atoms with Crippen LogP contribution < -0.4 is 4.90 Å². The van der Waals surface area contributed by atoms with Crippen LogP contribution >= 0.6 is 11.6 Å². The second kappa shape index (κ2) is 8.79. The standard InChI is InChI=1S/C22H22ClN5O2S/c1-2-27-11-13-28(14-12-27)22-21(25-18-5-3-4-6-19(18)26-22)20(15-24)31(29,30)17-9-7-16(23)8-10-17/h3-10,20H,2,11-14H2,1H3. The minimum absolute atomic E-state index is 0.0279. The van der Waals surface area contributed by atoms with Crippen LogP contribution in [0, 0.1) is 11.3 Å². The molecule has 1 atom stereocenters. The Morgan fingerprint density at radius 2 is 1.65 bits per heavy atom. The van der Waals surface area contributed by atoms with Crippen molar-refractivity contribution >= 4 is 38.3 Å². The summed E-state index contributed by atoms with van der Waals surface area (Å²) in [5, 5.41) is 8.90. The van der Waals surface area contributed by atoms with Gasteiger partial charge in [0.05, 0.1) is 22.0 Å². The number of rotatable bonds is 5. The Morgan fingerprint density at radius 3 is 2.23 bits per heavy atom. The molecule has 31 heavy (non-hydrogen) atoms. The monoisotopic (exact) mass is 455 g/mol. The number of piperazine rings is 1. The molecule has 2 heterocycles. The molecular formula is C22H22ClN5O2S. The zero-order valence-electron chi connectivity index (χ0n) is 17.1. The topological polar surface area (TPSA) is 90.2 Å². The molecule has 4 rings (SSSR count). The molecule has 1 aromatic heterocycles. The minimum Gasteiger partial charge on any atom is -0.352 e. The molecule has 160 valence electrons. The summed E-state index contributed by atoms with van der Waals surface area (Å²) in [6, 6.07) is 15.1. The molecule has 0 N–H and O–H groups in total. The van der Waals surface area contributed by atoms with Gasteiger partial charge in [-0.05, 0) is 42.9 Å². The number of nitriles is 1. The molecule has 1 aliphatic heterocycles. The summed E-state index contributed by atoms with van der Waals surface area (Å²) < 4.78 is 26.8. The summed E-state index contributed by atoms with van der Waals surface area (Å²) in [6.07, 6.45) is 0. The van der Waals surface area contributed by atoms with Crippen molar-refractivity contribution in [2.45, 2.75) is 17.1 Å². The lowest BCUT2D eigenvalue weighted by atomic mass is 10.2. The first-order valence-electron chi connectivity index (χ1n) is 10.1. The molecule has 0 spiro atoms. The van der Waals surface area contributed by atoms with Gasteiger partial charge in [0.15, 0.2) is 11.1 Å². The maximum absolute atomic E-state index is 13.4. The minimum atomic E-state index is -4.03. The van der Waals surface area contributed by atoms with Crippen molar-refractivity contribution in [3.8, 4) is 6.07 Å². The highest BCUT2D eigenvalue weighted by Gasteiger charge is 2.35. The Bertz CT molecular complexity index is 1230. The number of hydrogen-bond donors (Lipinski definition) is 0. The van der Waals surface area contributed by atoms with Crippen LogP contribution in [0.5, 0.6) is 0 Å². The second-order valence-corrected chi connectivity index (χ2v) is 9.82. The van der Waals surface area contributed by atoms with E-state index in [0.29, 0.717) is 35.0 Å². The Hall–Kier alpha value is -2.73. The third kappa shape index (κ3) is 4.22. The molecule has 9 heteroatoms. The number of hydrogen-bond acceptors (Lipinski definition) is 7. The number of likely N-dealkylation sites (N-methyl/N-ethyl adjacent to an activating group) is 1. The molecule has 0 saturated carbocycles. The van der Waals surface area contributed by atoms with Gasteiger partial charge in [-0.25, -0.2) is 18.4 Å². The van der Waals surface area contributed by atoms with E-state index in [-0.39, 0.29) is 10.6 Å². The van der Waals surface area contributed by atoms with E-state index in [1.54, 1.807) is 6.07 Å². The van der Waals surface area contributed by atoms with E-state index in [1.165, 1.54) is 24.3 Å². The van der Waals surface area contributed by atoms with E-state index >= 15 is 0 Å². The van der Waals surface area contributed by atoms with Crippen molar-refractivity contribution in [1.29, 1.82) is 5.26 Å². The summed E-state index contributed by atoms with van der Waals surface area (Å²) >= 11 is 5.92. The van der Waals surface area contributed by atoms with E-state index in [9.17, 15) is 13.7 Å². The number of nitrogens with zero attached hydrogens (tertiary/aromatic N) is 5. The third-order valence-electron chi connectivity index (χ3n) is 5.52. The highest BCUT2D eigenvalue weighted by molar-refractivity contribution is 7.92. The average molecular weight is 456 g/mol. The van der Waals surface area contributed by atoms with Gasteiger partial charge in [0.1, 0.15) is 5.69 Å². The van der Waals surface area contributed by atoms with Gasteiger partial charge in [0, 0.05) is 31.2 Å². The maximum Gasteiger partial charge on any atom is 0.200 e. The van der Waals surface area contributed by atoms with Gasteiger partial charge >= 0.3 is 0 Å². The molecule has 0 amide bonds. The van der Waals surface area contributed by atoms with Crippen LogP contribution in [0.25, 0.3) is 11.0 Å². The SMILES string of the molecule is CCN1CCN(c2nc3ccccc3nc2C(C#N)S(=O)(=O)c2ccc(Cl)cc2)CC1. The maximum atomic E-state index is 13.4. The fourth-order valence-corrected chi connectivity index (χ4v) is 5.23. The molecule has 1 fully saturated rings. The molecular weight excluding hydrogens is 434 g/mol. The first-order valence-corrected chi connectivity index (χ1v) is 12.0. The summed E-state index contributed by atoms with van der Waals surface area (Å²) in [5.41, 5.74) is 1.39. The van der Waals surface area contributed by atoms with Gasteiger partial charge in [-0.15, -0.1) is 0 Å². The smallest absolute Gasteiger partial charge is 0.200 e. The zero-order chi connectivity index (χ0) is 22.0. The summed E-state index contributed by atoms with van der Waals surface area (Å²) in [7, 11) is -4.03. The first kappa shape index (κ1) is 21.5. The van der Waals surface area contributed by atoms with Gasteiger partial charge < -0.3 is 9.80 Å². The van der Waals surface area contributed by atoms with Crippen molar-refractivity contribution < 1.29 is 8.42 Å². The van der Waals surface area contributed by atoms with Crippen molar-refractivity contribution in [2.24, 2.45) is 0 Å². The van der Waals surface area contributed by atoms with E-state index in [1.807, 2.05) is 29.2 Å². The van der Waals surface area contributed by atoms with E-state index in [2.05, 4.69) is 16.8 Å². The van der Waals surface area contributed by atoms with Crippen molar-refractivity contribution in [1.82, 2.24) is 14.9 Å². The van der Waals surface area contributed by atoms with E-state index < -0.39 is 15.1 Å². The predicted octanol–water partition coefficient (Wildman–Crippen LogP) is 3.46. The lowest BCUT2D eigenvalue weighted by Crippen LogP contribution is -2.47. The number of benzene rings is 2. The van der Waals surface area contributed by atoms with Gasteiger partial charge in [-0.3, -0.25) is 0 Å². The van der Waals surface area contributed by atoms with Gasteiger partial charge in [0.25, 0.3) is 0 Å². The fourth-order valence-electron chi connectivity index (χ4n) is 3.73. The summed E-state index contributed by atoms with van der Waals surface area (Å²) in [5.74, 6) is 0.457. The highest BCUT2D eigenvalue weighted by atomic mass is 35.5. The average Bonchev–Trinajstić information content (AvgIpc) is 2.79.